The van der Waals surface area contributed by atoms with Gasteiger partial charge in [0.2, 0.25) is 5.91 Å². The molecule has 0 fully saturated rings. The van der Waals surface area contributed by atoms with Crippen LogP contribution in [-0.4, -0.2) is 17.4 Å². The molecule has 0 aliphatic carbocycles. The van der Waals surface area contributed by atoms with Gasteiger partial charge in [-0.15, -0.1) is 13.2 Å². The Labute approximate surface area is 108 Å². The minimum atomic E-state index is -4.83. The third-order valence-corrected chi connectivity index (χ3v) is 2.13. The fraction of sp³-hybridized carbons (Fsp3) is 0.417. The maximum absolute atomic E-state index is 12.0. The van der Waals surface area contributed by atoms with E-state index in [1.54, 1.807) is 20.8 Å². The van der Waals surface area contributed by atoms with Gasteiger partial charge in [-0.05, 0) is 12.1 Å². The van der Waals surface area contributed by atoms with Crippen LogP contribution in [0, 0.1) is 5.41 Å². The molecule has 106 valence electrons. The second kappa shape index (κ2) is 4.99. The van der Waals surface area contributed by atoms with Crippen molar-refractivity contribution in [3.63, 3.8) is 0 Å². The number of hydrogen-bond donors (Lipinski definition) is 2. The Bertz CT molecular complexity index is 478. The number of anilines is 1. The summed E-state index contributed by atoms with van der Waals surface area (Å²) < 4.78 is 39.5. The summed E-state index contributed by atoms with van der Waals surface area (Å²) in [4.78, 5) is 11.7. The van der Waals surface area contributed by atoms with E-state index in [0.717, 1.165) is 18.2 Å². The smallest absolute Gasteiger partial charge is 0.506 e. The molecule has 1 amide bonds. The lowest BCUT2D eigenvalue weighted by Crippen LogP contribution is -2.27. The summed E-state index contributed by atoms with van der Waals surface area (Å²) in [6.45, 7) is 5.00. The van der Waals surface area contributed by atoms with Crippen molar-refractivity contribution in [3.05, 3.63) is 18.2 Å². The Morgan fingerprint density at radius 1 is 1.26 bits per heavy atom. The summed E-state index contributed by atoms with van der Waals surface area (Å²) in [7, 11) is 0. The number of halogens is 3. The number of aromatic hydroxyl groups is 1. The summed E-state index contributed by atoms with van der Waals surface area (Å²) in [6.07, 6.45) is -4.83. The highest BCUT2D eigenvalue weighted by molar-refractivity contribution is 5.95. The maximum atomic E-state index is 12.0. The number of phenols is 1. The van der Waals surface area contributed by atoms with E-state index in [0.29, 0.717) is 0 Å². The van der Waals surface area contributed by atoms with E-state index in [1.807, 2.05) is 0 Å². The van der Waals surface area contributed by atoms with Crippen molar-refractivity contribution >= 4 is 11.6 Å². The second-order valence-corrected chi connectivity index (χ2v) is 4.93. The van der Waals surface area contributed by atoms with Crippen LogP contribution in [0.1, 0.15) is 20.8 Å². The van der Waals surface area contributed by atoms with Crippen LogP contribution in [0.4, 0.5) is 18.9 Å². The van der Waals surface area contributed by atoms with E-state index in [1.165, 1.54) is 0 Å². The molecule has 0 saturated carbocycles. The molecule has 1 rings (SSSR count). The van der Waals surface area contributed by atoms with E-state index >= 15 is 0 Å². The number of benzene rings is 1. The molecular formula is C12H14F3NO3. The molecule has 0 radical (unpaired) electrons. The number of carbonyl (C=O) groups is 1. The number of nitrogens with one attached hydrogen (secondary N) is 1. The fourth-order valence-electron chi connectivity index (χ4n) is 1.12. The summed E-state index contributed by atoms with van der Waals surface area (Å²) in [5, 5.41) is 12.0. The first-order valence-electron chi connectivity index (χ1n) is 5.39. The third kappa shape index (κ3) is 4.69. The lowest BCUT2D eigenvalue weighted by molar-refractivity contribution is -0.274. The molecular weight excluding hydrogens is 263 g/mol. The van der Waals surface area contributed by atoms with E-state index in [9.17, 15) is 23.1 Å². The van der Waals surface area contributed by atoms with Gasteiger partial charge in [-0.2, -0.15) is 0 Å². The molecule has 0 atom stereocenters. The van der Waals surface area contributed by atoms with E-state index in [2.05, 4.69) is 10.1 Å². The first kappa shape index (κ1) is 15.1. The first-order chi connectivity index (χ1) is 8.49. The lowest BCUT2D eigenvalue weighted by Gasteiger charge is -2.18. The van der Waals surface area contributed by atoms with Crippen LogP contribution in [0.5, 0.6) is 11.5 Å². The van der Waals surface area contributed by atoms with Gasteiger partial charge in [0.15, 0.2) is 0 Å². The quantitative estimate of drug-likeness (QED) is 0.816. The molecule has 0 bridgehead atoms. The van der Waals surface area contributed by atoms with Crippen LogP contribution < -0.4 is 10.1 Å². The summed E-state index contributed by atoms with van der Waals surface area (Å²) in [5.41, 5.74) is -0.664. The Morgan fingerprint density at radius 2 is 1.84 bits per heavy atom. The SMILES string of the molecule is CC(C)(C)C(=O)Nc1ccc(OC(F)(F)F)cc1O. The normalized spacial score (nSPS) is 12.1. The largest absolute Gasteiger partial charge is 0.573 e. The van der Waals surface area contributed by atoms with Crippen LogP contribution in [0.15, 0.2) is 18.2 Å². The molecule has 7 heteroatoms. The third-order valence-electron chi connectivity index (χ3n) is 2.13. The zero-order chi connectivity index (χ0) is 14.8. The van der Waals surface area contributed by atoms with Gasteiger partial charge in [-0.3, -0.25) is 4.79 Å². The summed E-state index contributed by atoms with van der Waals surface area (Å²) >= 11 is 0. The predicted molar refractivity (Wildman–Crippen MR) is 62.9 cm³/mol. The molecule has 0 saturated heterocycles. The monoisotopic (exact) mass is 277 g/mol. The summed E-state index contributed by atoms with van der Waals surface area (Å²) in [6, 6.07) is 2.93. The van der Waals surface area contributed by atoms with Gasteiger partial charge in [0.25, 0.3) is 0 Å². The van der Waals surface area contributed by atoms with E-state index in [-0.39, 0.29) is 11.6 Å². The molecule has 1 aromatic rings. The molecule has 4 nitrogen and oxygen atoms in total. The van der Waals surface area contributed by atoms with Gasteiger partial charge in [0.1, 0.15) is 11.5 Å². The molecule has 0 aromatic heterocycles. The van der Waals surface area contributed by atoms with E-state index < -0.39 is 23.3 Å². The number of carbonyl (C=O) groups excluding carboxylic acids is 1. The maximum Gasteiger partial charge on any atom is 0.573 e. The Balaban J connectivity index is 2.87. The summed E-state index contributed by atoms with van der Waals surface area (Å²) in [5.74, 6) is -1.43. The predicted octanol–water partition coefficient (Wildman–Crippen LogP) is 3.28. The van der Waals surface area contributed by atoms with E-state index in [4.69, 9.17) is 0 Å². The molecule has 2 N–H and O–H groups in total. The highest BCUT2D eigenvalue weighted by atomic mass is 19.4. The topological polar surface area (TPSA) is 58.6 Å². The number of phenolic OH excluding ortho intramolecular Hbond substituents is 1. The Morgan fingerprint density at radius 3 is 2.26 bits per heavy atom. The average molecular weight is 277 g/mol. The molecule has 0 aliphatic rings. The van der Waals surface area contributed by atoms with Gasteiger partial charge in [-0.1, -0.05) is 20.8 Å². The zero-order valence-corrected chi connectivity index (χ0v) is 10.6. The van der Waals surface area contributed by atoms with Crippen LogP contribution >= 0.6 is 0 Å². The lowest BCUT2D eigenvalue weighted by atomic mass is 9.95. The molecule has 0 heterocycles. The molecule has 1 aromatic carbocycles. The van der Waals surface area contributed by atoms with Crippen molar-refractivity contribution in [2.24, 2.45) is 5.41 Å². The average Bonchev–Trinajstić information content (AvgIpc) is 2.18. The highest BCUT2D eigenvalue weighted by Crippen LogP contribution is 2.32. The minimum Gasteiger partial charge on any atom is -0.506 e. The number of amides is 1. The van der Waals surface area contributed by atoms with Crippen molar-refractivity contribution < 1.29 is 27.8 Å². The molecule has 0 unspecified atom stereocenters. The minimum absolute atomic E-state index is 0.0226. The van der Waals surface area contributed by atoms with Crippen molar-refractivity contribution in [2.45, 2.75) is 27.1 Å². The molecule has 0 spiro atoms. The van der Waals surface area contributed by atoms with Gasteiger partial charge in [-0.25, -0.2) is 0 Å². The first-order valence-corrected chi connectivity index (χ1v) is 5.39. The fourth-order valence-corrected chi connectivity index (χ4v) is 1.12. The van der Waals surface area contributed by atoms with Crippen molar-refractivity contribution in [3.8, 4) is 11.5 Å². The number of alkyl halides is 3. The van der Waals surface area contributed by atoms with Crippen LogP contribution in [0.25, 0.3) is 0 Å². The standard InChI is InChI=1S/C12H14F3NO3/c1-11(2,3)10(18)16-8-5-4-7(6-9(8)17)19-12(13,14)15/h4-6,17H,1-3H3,(H,16,18). The van der Waals surface area contributed by atoms with Gasteiger partial charge >= 0.3 is 6.36 Å². The molecule has 19 heavy (non-hydrogen) atoms. The van der Waals surface area contributed by atoms with Crippen molar-refractivity contribution in [1.29, 1.82) is 0 Å². The molecule has 0 aliphatic heterocycles. The van der Waals surface area contributed by atoms with Crippen LogP contribution in [0.2, 0.25) is 0 Å². The van der Waals surface area contributed by atoms with Gasteiger partial charge in [0, 0.05) is 11.5 Å². The highest BCUT2D eigenvalue weighted by Gasteiger charge is 2.31. The Kier molecular flexibility index (Phi) is 3.97. The van der Waals surface area contributed by atoms with Gasteiger partial charge in [0.05, 0.1) is 5.69 Å². The Hall–Kier alpha value is -1.92. The number of hydrogen-bond acceptors (Lipinski definition) is 3. The number of rotatable bonds is 2. The van der Waals surface area contributed by atoms with Crippen LogP contribution in [0.3, 0.4) is 0 Å². The van der Waals surface area contributed by atoms with Crippen LogP contribution in [-0.2, 0) is 4.79 Å². The number of ether oxygens (including phenoxy) is 1. The van der Waals surface area contributed by atoms with Gasteiger partial charge < -0.3 is 15.2 Å². The van der Waals surface area contributed by atoms with Crippen molar-refractivity contribution in [2.75, 3.05) is 5.32 Å². The second-order valence-electron chi connectivity index (χ2n) is 4.93. The zero-order valence-electron chi connectivity index (χ0n) is 10.6. The van der Waals surface area contributed by atoms with Crippen molar-refractivity contribution in [1.82, 2.24) is 0 Å².